The minimum Gasteiger partial charge on any atom is -0.327 e. The van der Waals surface area contributed by atoms with Crippen LogP contribution in [0.4, 0.5) is 0 Å². The number of halogens is 1. The average molecular weight is 118 g/mol. The van der Waals surface area contributed by atoms with Crippen LogP contribution in [0.1, 0.15) is 0 Å². The first-order chi connectivity index (χ1) is 3.41. The van der Waals surface area contributed by atoms with Gasteiger partial charge in [-0.1, -0.05) is 29.8 Å². The second-order valence-electron chi connectivity index (χ2n) is 0.982. The van der Waals surface area contributed by atoms with Crippen LogP contribution in [-0.4, -0.2) is 6.54 Å². The van der Waals surface area contributed by atoms with E-state index in [0.717, 1.165) is 0 Å². The summed E-state index contributed by atoms with van der Waals surface area (Å²) in [4.78, 5) is 0. The van der Waals surface area contributed by atoms with Crippen molar-refractivity contribution >= 4 is 11.6 Å². The Morgan fingerprint density at radius 3 is 2.57 bits per heavy atom. The summed E-state index contributed by atoms with van der Waals surface area (Å²) in [5.41, 5.74) is 6.54. The van der Waals surface area contributed by atoms with Gasteiger partial charge >= 0.3 is 0 Å². The molecule has 0 aliphatic carbocycles. The lowest BCUT2D eigenvalue weighted by Crippen LogP contribution is -1.91. The van der Waals surface area contributed by atoms with Crippen LogP contribution < -0.4 is 5.73 Å². The molecule has 1 nitrogen and oxygen atoms in total. The molecule has 0 atom stereocenters. The number of nitrogens with two attached hydrogens (primary N) is 1. The molecule has 7 heavy (non-hydrogen) atoms. The summed E-state index contributed by atoms with van der Waals surface area (Å²) in [6.07, 6.45) is 5.33. The van der Waals surface area contributed by atoms with Crippen molar-refractivity contribution in [2.75, 3.05) is 6.54 Å². The molecule has 0 unspecified atom stereocenters. The molecular weight excluding hydrogens is 110 g/mol. The molecule has 0 aromatic heterocycles. The van der Waals surface area contributed by atoms with Crippen molar-refractivity contribution in [2.24, 2.45) is 5.73 Å². The Morgan fingerprint density at radius 1 is 1.43 bits per heavy atom. The number of allylic oxidation sites excluding steroid dienone is 2. The molecule has 0 bridgehead atoms. The monoisotopic (exact) mass is 117 g/mol. The van der Waals surface area contributed by atoms with Crippen LogP contribution in [0.3, 0.4) is 0 Å². The zero-order valence-corrected chi connectivity index (χ0v) is 4.73. The lowest BCUT2D eigenvalue weighted by atomic mass is 10.5. The molecule has 0 radical (unpaired) electrons. The predicted octanol–water partition coefficient (Wildman–Crippen LogP) is 1.25. The summed E-state index contributed by atoms with van der Waals surface area (Å²) >= 11 is 5.16. The van der Waals surface area contributed by atoms with Crippen LogP contribution in [0.15, 0.2) is 23.8 Å². The summed E-state index contributed by atoms with van der Waals surface area (Å²) in [5, 5.41) is 0. The standard InChI is InChI=1S/C5H8ClN/c6-4-2-1-3-5-7/h1-4H,5,7H2/b3-1-,4-2?. The van der Waals surface area contributed by atoms with Gasteiger partial charge in [-0.05, 0) is 0 Å². The third kappa shape index (κ3) is 5.73. The summed E-state index contributed by atoms with van der Waals surface area (Å²) in [5.74, 6) is 0. The fraction of sp³-hybridized carbons (Fsp3) is 0.200. The molecule has 0 aliphatic heterocycles. The zero-order chi connectivity index (χ0) is 5.54. The molecule has 2 N–H and O–H groups in total. The van der Waals surface area contributed by atoms with E-state index in [2.05, 4.69) is 0 Å². The van der Waals surface area contributed by atoms with Gasteiger partial charge in [-0.25, -0.2) is 0 Å². The third-order valence-electron chi connectivity index (χ3n) is 0.456. The third-order valence-corrected chi connectivity index (χ3v) is 0.601. The van der Waals surface area contributed by atoms with Gasteiger partial charge in [0.2, 0.25) is 0 Å². The molecule has 2 heteroatoms. The minimum atomic E-state index is 0.571. The maximum Gasteiger partial charge on any atom is 0.0109 e. The lowest BCUT2D eigenvalue weighted by molar-refractivity contribution is 1.25. The van der Waals surface area contributed by atoms with Crippen molar-refractivity contribution in [3.8, 4) is 0 Å². The van der Waals surface area contributed by atoms with Crippen molar-refractivity contribution in [3.05, 3.63) is 23.8 Å². The summed E-state index contributed by atoms with van der Waals surface area (Å²) in [6, 6.07) is 0. The van der Waals surface area contributed by atoms with E-state index in [9.17, 15) is 0 Å². The summed E-state index contributed by atoms with van der Waals surface area (Å²) < 4.78 is 0. The molecule has 0 aliphatic rings. The van der Waals surface area contributed by atoms with Crippen LogP contribution in [0.5, 0.6) is 0 Å². The molecule has 0 aromatic carbocycles. The first kappa shape index (κ1) is 6.73. The quantitative estimate of drug-likeness (QED) is 0.542. The van der Waals surface area contributed by atoms with Gasteiger partial charge in [-0.15, -0.1) is 0 Å². The van der Waals surface area contributed by atoms with Gasteiger partial charge in [0.1, 0.15) is 0 Å². The Hall–Kier alpha value is -0.270. The number of hydrogen-bond acceptors (Lipinski definition) is 1. The smallest absolute Gasteiger partial charge is 0.0109 e. The van der Waals surface area contributed by atoms with Crippen molar-refractivity contribution in [1.29, 1.82) is 0 Å². The van der Waals surface area contributed by atoms with Crippen LogP contribution in [0, 0.1) is 0 Å². The van der Waals surface area contributed by atoms with E-state index >= 15 is 0 Å². The van der Waals surface area contributed by atoms with Crippen molar-refractivity contribution in [2.45, 2.75) is 0 Å². The Balaban J connectivity index is 3.09. The fourth-order valence-electron chi connectivity index (χ4n) is 0.199. The molecule has 0 amide bonds. The molecule has 40 valence electrons. The van der Waals surface area contributed by atoms with E-state index in [1.54, 1.807) is 12.2 Å². The molecular formula is C5H8ClN. The SMILES string of the molecule is NC/C=C\C=CCl. The maximum absolute atomic E-state index is 5.16. The van der Waals surface area contributed by atoms with Crippen LogP contribution in [0.2, 0.25) is 0 Å². The van der Waals surface area contributed by atoms with Crippen LogP contribution in [-0.2, 0) is 0 Å². The molecule has 0 aromatic rings. The van der Waals surface area contributed by atoms with E-state index in [4.69, 9.17) is 17.3 Å². The van der Waals surface area contributed by atoms with Gasteiger partial charge in [0.15, 0.2) is 0 Å². The maximum atomic E-state index is 5.16. The van der Waals surface area contributed by atoms with Gasteiger partial charge in [0, 0.05) is 12.1 Å². The minimum absolute atomic E-state index is 0.571. The molecule has 0 heterocycles. The van der Waals surface area contributed by atoms with E-state index < -0.39 is 0 Å². The fourth-order valence-corrected chi connectivity index (χ4v) is 0.283. The average Bonchev–Trinajstić information content (AvgIpc) is 1.69. The highest BCUT2D eigenvalue weighted by Gasteiger charge is 1.58. The number of hydrogen-bond donors (Lipinski definition) is 1. The zero-order valence-electron chi connectivity index (χ0n) is 3.97. The summed E-state index contributed by atoms with van der Waals surface area (Å²) in [6.45, 7) is 0.571. The second-order valence-corrected chi connectivity index (χ2v) is 1.23. The van der Waals surface area contributed by atoms with Crippen molar-refractivity contribution in [1.82, 2.24) is 0 Å². The molecule has 0 spiro atoms. The molecule has 0 fully saturated rings. The molecule has 0 rings (SSSR count). The largest absolute Gasteiger partial charge is 0.327 e. The predicted molar refractivity (Wildman–Crippen MR) is 33.2 cm³/mol. The first-order valence-corrected chi connectivity index (χ1v) is 2.47. The van der Waals surface area contributed by atoms with Crippen LogP contribution in [0.25, 0.3) is 0 Å². The molecule has 0 saturated heterocycles. The Kier molecular flexibility index (Phi) is 5.51. The highest BCUT2D eigenvalue weighted by atomic mass is 35.5. The number of rotatable bonds is 2. The van der Waals surface area contributed by atoms with Gasteiger partial charge in [-0.3, -0.25) is 0 Å². The van der Waals surface area contributed by atoms with E-state index in [0.29, 0.717) is 6.54 Å². The topological polar surface area (TPSA) is 26.0 Å². The normalized spacial score (nSPS) is 11.7. The van der Waals surface area contributed by atoms with Gasteiger partial charge in [0.25, 0.3) is 0 Å². The Morgan fingerprint density at radius 2 is 2.14 bits per heavy atom. The van der Waals surface area contributed by atoms with Crippen LogP contribution >= 0.6 is 11.6 Å². The van der Waals surface area contributed by atoms with Gasteiger partial charge in [0.05, 0.1) is 0 Å². The Bertz CT molecular complexity index is 76.1. The lowest BCUT2D eigenvalue weighted by Gasteiger charge is -1.70. The Labute approximate surface area is 48.5 Å². The van der Waals surface area contributed by atoms with Crippen molar-refractivity contribution in [3.63, 3.8) is 0 Å². The first-order valence-electron chi connectivity index (χ1n) is 2.03. The molecule has 0 saturated carbocycles. The van der Waals surface area contributed by atoms with Gasteiger partial charge in [-0.2, -0.15) is 0 Å². The highest BCUT2D eigenvalue weighted by molar-refractivity contribution is 6.25. The van der Waals surface area contributed by atoms with Crippen molar-refractivity contribution < 1.29 is 0 Å². The van der Waals surface area contributed by atoms with E-state index in [-0.39, 0.29) is 0 Å². The second kappa shape index (κ2) is 5.73. The summed E-state index contributed by atoms with van der Waals surface area (Å²) in [7, 11) is 0. The van der Waals surface area contributed by atoms with Gasteiger partial charge < -0.3 is 5.73 Å². The van der Waals surface area contributed by atoms with E-state index in [1.165, 1.54) is 5.54 Å². The highest BCUT2D eigenvalue weighted by Crippen LogP contribution is 1.78. The van der Waals surface area contributed by atoms with E-state index in [1.807, 2.05) is 6.08 Å².